The largest absolute Gasteiger partial charge is 0.142 e. The van der Waals surface area contributed by atoms with Crippen LogP contribution in [0.5, 0.6) is 0 Å². The van der Waals surface area contributed by atoms with Gasteiger partial charge in [-0.15, -0.1) is 5.47 Å². The molecule has 0 nitrogen and oxygen atoms in total. The van der Waals surface area contributed by atoms with E-state index in [1.165, 1.54) is 23.9 Å². The molecule has 1 radical (unpaired) electrons. The van der Waals surface area contributed by atoms with Gasteiger partial charge in [-0.05, 0) is 19.8 Å². The van der Waals surface area contributed by atoms with Crippen LogP contribution in [0, 0.1) is 0 Å². The van der Waals surface area contributed by atoms with E-state index < -0.39 is 0 Å². The Kier molecular flexibility index (Phi) is 2.15. The Morgan fingerprint density at radius 3 is 2.56 bits per heavy atom. The maximum Gasteiger partial charge on any atom is 0.142 e. The minimum absolute atomic E-state index is 1.23. The normalized spacial score (nSPS) is 18.4. The van der Waals surface area contributed by atoms with Crippen LogP contribution in [0.25, 0.3) is 0 Å². The molecular weight excluding hydrogens is 107 g/mol. The van der Waals surface area contributed by atoms with Crippen LogP contribution in [-0.4, -0.2) is 7.28 Å². The van der Waals surface area contributed by atoms with Gasteiger partial charge < -0.3 is 0 Å². The van der Waals surface area contributed by atoms with Crippen molar-refractivity contribution >= 4 is 7.28 Å². The predicted molar refractivity (Wildman–Crippen MR) is 42.7 cm³/mol. The summed E-state index contributed by atoms with van der Waals surface area (Å²) in [5, 5.41) is 0. The van der Waals surface area contributed by atoms with Crippen LogP contribution in [0.15, 0.2) is 23.2 Å². The summed E-state index contributed by atoms with van der Waals surface area (Å²) in [5.74, 6) is 0. The minimum Gasteiger partial charge on any atom is -0.109 e. The standard InChI is InChI=1S/C8H12B/c1-7-3-5-8(9-2)6-4-7/h3,5H,4,6H2,1-2H3. The molecule has 0 saturated heterocycles. The fourth-order valence-corrected chi connectivity index (χ4v) is 0.998. The number of hydrogen-bond acceptors (Lipinski definition) is 0. The van der Waals surface area contributed by atoms with E-state index in [2.05, 4.69) is 33.2 Å². The zero-order valence-corrected chi connectivity index (χ0v) is 6.15. The molecule has 0 aromatic rings. The van der Waals surface area contributed by atoms with Crippen LogP contribution < -0.4 is 0 Å². The van der Waals surface area contributed by atoms with Gasteiger partial charge in [0, 0.05) is 0 Å². The molecule has 0 unspecified atom stereocenters. The van der Waals surface area contributed by atoms with Crippen molar-refractivity contribution in [2.45, 2.75) is 26.6 Å². The minimum atomic E-state index is 1.23. The first-order valence-corrected chi connectivity index (χ1v) is 3.48. The molecule has 1 aliphatic carbocycles. The van der Waals surface area contributed by atoms with E-state index in [1.807, 2.05) is 0 Å². The monoisotopic (exact) mass is 119 g/mol. The van der Waals surface area contributed by atoms with E-state index in [1.54, 1.807) is 0 Å². The molecule has 0 amide bonds. The van der Waals surface area contributed by atoms with Gasteiger partial charge in [0.15, 0.2) is 0 Å². The first-order chi connectivity index (χ1) is 4.33. The van der Waals surface area contributed by atoms with E-state index in [0.717, 1.165) is 0 Å². The second kappa shape index (κ2) is 2.91. The average Bonchev–Trinajstić information content (AvgIpc) is 1.90. The Balaban J connectivity index is 2.59. The van der Waals surface area contributed by atoms with Crippen LogP contribution in [0.4, 0.5) is 0 Å². The zero-order chi connectivity index (χ0) is 6.69. The summed E-state index contributed by atoms with van der Waals surface area (Å²) in [5.41, 5.74) is 2.97. The second-order valence-corrected chi connectivity index (χ2v) is 2.54. The third kappa shape index (κ3) is 1.74. The molecule has 0 heterocycles. The quantitative estimate of drug-likeness (QED) is 0.464. The molecular formula is C8H12B. The highest BCUT2D eigenvalue weighted by Crippen LogP contribution is 2.15. The number of rotatable bonds is 1. The van der Waals surface area contributed by atoms with Gasteiger partial charge in [-0.2, -0.15) is 0 Å². The van der Waals surface area contributed by atoms with Gasteiger partial charge in [0.25, 0.3) is 0 Å². The van der Waals surface area contributed by atoms with Crippen LogP contribution in [0.2, 0.25) is 6.82 Å². The molecule has 1 rings (SSSR count). The van der Waals surface area contributed by atoms with Gasteiger partial charge >= 0.3 is 0 Å². The first-order valence-electron chi connectivity index (χ1n) is 3.48. The number of hydrogen-bond donors (Lipinski definition) is 0. The summed E-state index contributed by atoms with van der Waals surface area (Å²) in [4.78, 5) is 0. The highest BCUT2D eigenvalue weighted by molar-refractivity contribution is 6.43. The van der Waals surface area contributed by atoms with Crippen LogP contribution in [0.3, 0.4) is 0 Å². The molecule has 0 bridgehead atoms. The van der Waals surface area contributed by atoms with Crippen molar-refractivity contribution in [3.8, 4) is 0 Å². The molecule has 0 N–H and O–H groups in total. The van der Waals surface area contributed by atoms with Crippen molar-refractivity contribution in [1.29, 1.82) is 0 Å². The van der Waals surface area contributed by atoms with Crippen molar-refractivity contribution in [2.75, 3.05) is 0 Å². The van der Waals surface area contributed by atoms with E-state index in [-0.39, 0.29) is 0 Å². The molecule has 1 heteroatoms. The van der Waals surface area contributed by atoms with Crippen molar-refractivity contribution in [1.82, 2.24) is 0 Å². The Hall–Kier alpha value is -0.455. The van der Waals surface area contributed by atoms with Crippen molar-refractivity contribution in [3.05, 3.63) is 23.2 Å². The topological polar surface area (TPSA) is 0 Å². The lowest BCUT2D eigenvalue weighted by Gasteiger charge is -2.08. The number of allylic oxidation sites excluding steroid dienone is 4. The predicted octanol–water partition coefficient (Wildman–Crippen LogP) is 2.36. The maximum atomic E-state index is 2.21. The van der Waals surface area contributed by atoms with E-state index in [9.17, 15) is 0 Å². The molecule has 0 atom stereocenters. The fourth-order valence-electron chi connectivity index (χ4n) is 0.998. The molecule has 47 valence electrons. The van der Waals surface area contributed by atoms with Crippen molar-refractivity contribution in [3.63, 3.8) is 0 Å². The SMILES string of the molecule is C[B]C1=CC=C(C)CC1. The second-order valence-electron chi connectivity index (χ2n) is 2.54. The van der Waals surface area contributed by atoms with Crippen LogP contribution in [0.1, 0.15) is 19.8 Å². The summed E-state index contributed by atoms with van der Waals surface area (Å²) in [6, 6.07) is 0. The first kappa shape index (κ1) is 6.66. The third-order valence-electron chi connectivity index (χ3n) is 1.76. The maximum absolute atomic E-state index is 2.21. The summed E-state index contributed by atoms with van der Waals surface area (Å²) in [6.07, 6.45) is 6.90. The highest BCUT2D eigenvalue weighted by Gasteiger charge is 1.99. The van der Waals surface area contributed by atoms with Crippen molar-refractivity contribution < 1.29 is 0 Å². The Bertz CT molecular complexity index is 154. The molecule has 0 aliphatic heterocycles. The summed E-state index contributed by atoms with van der Waals surface area (Å²) in [6.45, 7) is 4.28. The van der Waals surface area contributed by atoms with E-state index >= 15 is 0 Å². The molecule has 1 aliphatic rings. The smallest absolute Gasteiger partial charge is 0.109 e. The zero-order valence-electron chi connectivity index (χ0n) is 6.15. The molecule has 0 aromatic carbocycles. The molecule has 0 saturated carbocycles. The highest BCUT2D eigenvalue weighted by atomic mass is 14.0. The Morgan fingerprint density at radius 2 is 2.11 bits per heavy atom. The lowest BCUT2D eigenvalue weighted by Crippen LogP contribution is -1.95. The van der Waals surface area contributed by atoms with E-state index in [0.29, 0.717) is 0 Å². The van der Waals surface area contributed by atoms with Gasteiger partial charge in [0.2, 0.25) is 0 Å². The molecule has 0 spiro atoms. The fraction of sp³-hybridized carbons (Fsp3) is 0.500. The molecule has 0 aromatic heterocycles. The van der Waals surface area contributed by atoms with Gasteiger partial charge in [0.05, 0.1) is 0 Å². The summed E-state index contributed by atoms with van der Waals surface area (Å²) in [7, 11) is 2.18. The average molecular weight is 119 g/mol. The molecule has 0 fully saturated rings. The summed E-state index contributed by atoms with van der Waals surface area (Å²) >= 11 is 0. The Labute approximate surface area is 57.9 Å². The van der Waals surface area contributed by atoms with Crippen molar-refractivity contribution in [2.24, 2.45) is 0 Å². The van der Waals surface area contributed by atoms with Gasteiger partial charge in [-0.1, -0.05) is 24.5 Å². The van der Waals surface area contributed by atoms with Crippen LogP contribution in [-0.2, 0) is 0 Å². The van der Waals surface area contributed by atoms with Gasteiger partial charge in [-0.3, -0.25) is 0 Å². The van der Waals surface area contributed by atoms with E-state index in [4.69, 9.17) is 0 Å². The lowest BCUT2D eigenvalue weighted by molar-refractivity contribution is 0.944. The van der Waals surface area contributed by atoms with Gasteiger partial charge in [-0.25, -0.2) is 0 Å². The van der Waals surface area contributed by atoms with Gasteiger partial charge in [0.1, 0.15) is 7.28 Å². The lowest BCUT2D eigenvalue weighted by atomic mass is 9.68. The van der Waals surface area contributed by atoms with Crippen LogP contribution >= 0.6 is 0 Å². The Morgan fingerprint density at radius 1 is 1.33 bits per heavy atom. The third-order valence-corrected chi connectivity index (χ3v) is 1.76. The molecule has 9 heavy (non-hydrogen) atoms. The summed E-state index contributed by atoms with van der Waals surface area (Å²) < 4.78 is 0.